The van der Waals surface area contributed by atoms with Crippen LogP contribution >= 0.6 is 0 Å². The molecule has 0 N–H and O–H groups in total. The molecule has 0 saturated heterocycles. The monoisotopic (exact) mass is 1720 g/mol. The highest BCUT2D eigenvalue weighted by Gasteiger charge is 2.28. The van der Waals surface area contributed by atoms with Crippen LogP contribution < -0.4 is 0 Å². The van der Waals surface area contributed by atoms with E-state index in [2.05, 4.69) is 507 Å². The second kappa shape index (κ2) is 71.7. The normalized spacial score (nSPS) is 18.0. The van der Waals surface area contributed by atoms with Crippen molar-refractivity contribution in [1.29, 1.82) is 0 Å². The van der Waals surface area contributed by atoms with Gasteiger partial charge in [0.25, 0.3) is 0 Å². The molecule has 128 heavy (non-hydrogen) atoms. The van der Waals surface area contributed by atoms with Gasteiger partial charge in [-0.2, -0.15) is 0 Å². The minimum absolute atomic E-state index is 0.290. The summed E-state index contributed by atoms with van der Waals surface area (Å²) in [5.74, 6) is 0. The second-order valence-corrected chi connectivity index (χ2v) is 37.7. The fourth-order valence-corrected chi connectivity index (χ4v) is 13.6. The van der Waals surface area contributed by atoms with Crippen molar-refractivity contribution in [3.8, 4) is 0 Å². The Hall–Kier alpha value is -10.2. The Balaban J connectivity index is 0. The van der Waals surface area contributed by atoms with Crippen molar-refractivity contribution in [3.63, 3.8) is 0 Å². The van der Waals surface area contributed by atoms with E-state index in [9.17, 15) is 4.79 Å². The van der Waals surface area contributed by atoms with Crippen molar-refractivity contribution in [2.45, 2.75) is 319 Å². The zero-order valence-corrected chi connectivity index (χ0v) is 87.6. The molecule has 0 saturated carbocycles. The summed E-state index contributed by atoms with van der Waals surface area (Å²) < 4.78 is 0. The molecule has 0 aliphatic heterocycles. The van der Waals surface area contributed by atoms with E-state index in [-0.39, 0.29) is 5.41 Å². The Bertz CT molecular complexity index is 4700. The number of carbonyl (C=O) groups excluding carboxylic acids is 1. The van der Waals surface area contributed by atoms with E-state index in [4.69, 9.17) is 0 Å². The third kappa shape index (κ3) is 66.2. The molecule has 1 nitrogen and oxygen atoms in total. The van der Waals surface area contributed by atoms with Gasteiger partial charge in [0.1, 0.15) is 6.29 Å². The summed E-state index contributed by atoms with van der Waals surface area (Å²) in [4.78, 5) is 10.3. The molecule has 0 unspecified atom stereocenters. The molecule has 0 fully saturated rings. The van der Waals surface area contributed by atoms with E-state index in [0.29, 0.717) is 10.8 Å². The number of carbonyl (C=O) groups is 1. The largest absolute Gasteiger partial charge is 0.299 e. The molecule has 3 aliphatic rings. The maximum absolute atomic E-state index is 10.3. The van der Waals surface area contributed by atoms with E-state index < -0.39 is 0 Å². The predicted octanol–water partition coefficient (Wildman–Crippen LogP) is 40.3. The molecule has 0 spiro atoms. The molecule has 0 bridgehead atoms. The topological polar surface area (TPSA) is 17.1 Å². The molecule has 3 rings (SSSR count). The summed E-state index contributed by atoms with van der Waals surface area (Å²) in [6, 6.07) is 0. The van der Waals surface area contributed by atoms with Crippen LogP contribution in [0, 0.1) is 16.2 Å². The first-order chi connectivity index (χ1) is 60.4. The Kier molecular flexibility index (Phi) is 67.1. The van der Waals surface area contributed by atoms with Crippen LogP contribution in [0.1, 0.15) is 319 Å². The van der Waals surface area contributed by atoms with Crippen molar-refractivity contribution in [1.82, 2.24) is 0 Å². The van der Waals surface area contributed by atoms with Crippen LogP contribution in [0.15, 0.2) is 449 Å². The average molecular weight is 1720 g/mol. The van der Waals surface area contributed by atoms with Gasteiger partial charge in [-0.1, -0.05) is 462 Å². The minimum atomic E-state index is 0.290. The summed E-state index contributed by atoms with van der Waals surface area (Å²) in [6.07, 6.45) is 126. The maximum Gasteiger partial charge on any atom is 0.143 e. The van der Waals surface area contributed by atoms with Crippen molar-refractivity contribution >= 4 is 6.29 Å². The quantitative estimate of drug-likeness (QED) is 0.0261. The predicted molar refractivity (Wildman–Crippen MR) is 587 cm³/mol. The molecular formula is C127H180O. The average Bonchev–Trinajstić information content (AvgIpc) is 0.832. The van der Waals surface area contributed by atoms with E-state index in [1.165, 1.54) is 180 Å². The highest BCUT2D eigenvalue weighted by atomic mass is 16.1. The Morgan fingerprint density at radius 1 is 0.250 bits per heavy atom. The van der Waals surface area contributed by atoms with Gasteiger partial charge < -0.3 is 0 Å². The molecule has 1 heteroatoms. The van der Waals surface area contributed by atoms with Gasteiger partial charge >= 0.3 is 0 Å². The van der Waals surface area contributed by atoms with E-state index in [0.717, 1.165) is 37.5 Å². The summed E-state index contributed by atoms with van der Waals surface area (Å²) in [6.45, 7) is 73.8. The highest BCUT2D eigenvalue weighted by Crippen LogP contribution is 2.43. The lowest BCUT2D eigenvalue weighted by atomic mass is 9.72. The molecule has 694 valence electrons. The number of aldehydes is 1. The Morgan fingerprint density at radius 3 is 0.719 bits per heavy atom. The van der Waals surface area contributed by atoms with Crippen LogP contribution in [0.2, 0.25) is 0 Å². The van der Waals surface area contributed by atoms with E-state index in [1.807, 2.05) is 32.1 Å². The standard InChI is InChI=1S/2C30H42.C27H38.C20H28O.C20H30/c1-9-24(2)19-20-26(4)15-11-10-14-25(3)16-12-17-27(5)21-22-29-28(6)18-13-23-30(29,7)8;1-25(2)15-11-19-27(5)17-9-10-18-28(6)21-13-23-30(8)24-14-22-29(7)20-12-16-26(3)4;1-8-14-24(4)16-9-10-17-25(5)19-12-21-27(7)22-13-20-26(6)18-11-15-23(2)3;1-16(8-6-9-17(2)13-15-21)11-12-19-18(3)10-7-14-20(19,4)5;1-7-16(2)10-8-11-17(3)13-14-19-18(4)12-9-15-20(19,5)6/h9-12,14-17,19-22H,13,18,23H2,1-8H3;9-11,13-19,21-24H,12,20H2,1-8H3;8-10,12-17,19-22H,11,18H2,1-7H3;6,8-9,11-13,15H,7,10,14H2,1-5H3;7-8,10-11,13-14H,9,12,15H2,1-6H3/b11-10+,16-12+,20-19+,22-21+,24-9+,25-14+,26-15+,27-17+;10-9+,19-11+,21-13+,24-14+,27-17+,28-18+,29-22+,30-23+;10-9+,14-8+,19-12+,22-13+,24-16+,25-17+,26-20+,27-21+;9-6-,12-11+,16-8+,17-13+;10-8+,14-13+,16-7+,17-11+. The molecule has 0 amide bonds. The van der Waals surface area contributed by atoms with Crippen LogP contribution in [0.25, 0.3) is 0 Å². The molecule has 0 aromatic heterocycles. The van der Waals surface area contributed by atoms with Gasteiger partial charge in [-0.3, -0.25) is 4.79 Å². The van der Waals surface area contributed by atoms with Crippen molar-refractivity contribution in [2.24, 2.45) is 16.2 Å². The van der Waals surface area contributed by atoms with Gasteiger partial charge in [-0.05, 0) is 322 Å². The minimum Gasteiger partial charge on any atom is -0.299 e. The number of hydrogen-bond donors (Lipinski definition) is 0. The lowest BCUT2D eigenvalue weighted by Gasteiger charge is -2.33. The molecule has 0 heterocycles. The summed E-state index contributed by atoms with van der Waals surface area (Å²) in [7, 11) is 0. The number of allylic oxidation sites excluding steroid dienone is 76. The van der Waals surface area contributed by atoms with Gasteiger partial charge in [-0.25, -0.2) is 0 Å². The van der Waals surface area contributed by atoms with Crippen LogP contribution in [-0.4, -0.2) is 6.29 Å². The molecular weight excluding hydrogens is 1540 g/mol. The van der Waals surface area contributed by atoms with Crippen LogP contribution in [0.4, 0.5) is 0 Å². The Labute approximate surface area is 790 Å². The molecule has 0 radical (unpaired) electrons. The smallest absolute Gasteiger partial charge is 0.143 e. The second-order valence-electron chi connectivity index (χ2n) is 37.7. The SMILES string of the molecule is C/C=C(C)/C=C/C(C)=C/C=C/C=C(C)/C=C/C=C(C)/C=C/C1=C(C)CCCC1(C)C.C/C=C(C)/C=C/C=C(C)/C=C/C1=C(C)CCCC1(C)C.C/C=C/C(C)=C/C=C/C=C(C)/C=C/C=C(C)/C=C/C=C(\C)CCC=C(C)C.CC(C)=C/C=C/C(C)=C/C=C/C=C(C)/C=C/C=C(C)/C=C/C=C(\C)CCC=C(C)C.CC1=C(/C=C/C(C)=C/C=C\C(C)=C\C=O)C(C)(C)CCC1. The van der Waals surface area contributed by atoms with Crippen molar-refractivity contribution in [3.05, 3.63) is 449 Å². The first-order valence-corrected chi connectivity index (χ1v) is 47.3. The number of rotatable bonds is 38. The van der Waals surface area contributed by atoms with Gasteiger partial charge in [0.2, 0.25) is 0 Å². The van der Waals surface area contributed by atoms with Gasteiger partial charge in [0.05, 0.1) is 0 Å². The molecule has 0 aromatic rings. The fourth-order valence-electron chi connectivity index (χ4n) is 13.6. The summed E-state index contributed by atoms with van der Waals surface area (Å²) in [5, 5.41) is 0. The molecule has 0 aromatic carbocycles. The van der Waals surface area contributed by atoms with Crippen molar-refractivity contribution in [2.75, 3.05) is 0 Å². The van der Waals surface area contributed by atoms with Crippen LogP contribution in [0.3, 0.4) is 0 Å². The van der Waals surface area contributed by atoms with Gasteiger partial charge in [0.15, 0.2) is 0 Å². The Morgan fingerprint density at radius 2 is 0.469 bits per heavy atom. The summed E-state index contributed by atoms with van der Waals surface area (Å²) >= 11 is 0. The van der Waals surface area contributed by atoms with Crippen LogP contribution in [-0.2, 0) is 4.79 Å². The zero-order valence-electron chi connectivity index (χ0n) is 87.6. The molecule has 3 aliphatic carbocycles. The zero-order chi connectivity index (χ0) is 96.9. The van der Waals surface area contributed by atoms with Gasteiger partial charge in [0, 0.05) is 0 Å². The highest BCUT2D eigenvalue weighted by molar-refractivity contribution is 5.67. The van der Waals surface area contributed by atoms with E-state index >= 15 is 0 Å². The van der Waals surface area contributed by atoms with Crippen molar-refractivity contribution < 1.29 is 4.79 Å². The first-order valence-electron chi connectivity index (χ1n) is 47.3. The lowest BCUT2D eigenvalue weighted by Crippen LogP contribution is -2.19. The summed E-state index contributed by atoms with van der Waals surface area (Å²) in [5.41, 5.74) is 34.2. The van der Waals surface area contributed by atoms with Gasteiger partial charge in [-0.15, -0.1) is 0 Å². The first kappa shape index (κ1) is 120. The van der Waals surface area contributed by atoms with Crippen LogP contribution in [0.5, 0.6) is 0 Å². The number of hydrogen-bond acceptors (Lipinski definition) is 1. The third-order valence-corrected chi connectivity index (χ3v) is 22.0. The maximum atomic E-state index is 10.3. The van der Waals surface area contributed by atoms with E-state index in [1.54, 1.807) is 17.2 Å². The fraction of sp³-hybridized carbons (Fsp3) is 0.394. The lowest BCUT2D eigenvalue weighted by molar-refractivity contribution is -0.104. The third-order valence-electron chi connectivity index (χ3n) is 22.0. The molecule has 0 atom stereocenters.